The molecule has 0 bridgehead atoms. The highest BCUT2D eigenvalue weighted by Gasteiger charge is 2.13. The second-order valence-electron chi connectivity index (χ2n) is 4.65. The fourth-order valence-electron chi connectivity index (χ4n) is 1.65. The van der Waals surface area contributed by atoms with E-state index in [1.54, 1.807) is 18.2 Å². The van der Waals surface area contributed by atoms with Crippen LogP contribution in [0.3, 0.4) is 0 Å². The molecule has 0 amide bonds. The van der Waals surface area contributed by atoms with Gasteiger partial charge in [-0.25, -0.2) is 4.83 Å². The Morgan fingerprint density at radius 1 is 1.05 bits per heavy atom. The number of nitrogens with zero attached hydrogens (tertiary/aromatic N) is 1. The molecule has 0 spiro atoms. The Morgan fingerprint density at radius 2 is 1.71 bits per heavy atom. The number of hydrogen-bond donors (Lipinski definition) is 1. The zero-order valence-electron chi connectivity index (χ0n) is 11.7. The first-order chi connectivity index (χ1) is 9.88. The van der Waals surface area contributed by atoms with Crippen molar-refractivity contribution in [3.8, 4) is 0 Å². The van der Waals surface area contributed by atoms with E-state index in [1.807, 2.05) is 38.1 Å². The summed E-state index contributed by atoms with van der Waals surface area (Å²) in [6.07, 6.45) is 1.46. The van der Waals surface area contributed by atoms with Crippen LogP contribution in [-0.4, -0.2) is 14.6 Å². The van der Waals surface area contributed by atoms with Gasteiger partial charge in [-0.2, -0.15) is 13.5 Å². The molecular formula is C15H15BrN2O2S. The molecule has 2 aromatic rings. The molecule has 1 N–H and O–H groups in total. The molecule has 2 rings (SSSR count). The highest BCUT2D eigenvalue weighted by atomic mass is 79.9. The maximum absolute atomic E-state index is 12.1. The molecule has 0 fully saturated rings. The van der Waals surface area contributed by atoms with Crippen molar-refractivity contribution >= 4 is 32.2 Å². The van der Waals surface area contributed by atoms with Crippen molar-refractivity contribution < 1.29 is 8.42 Å². The van der Waals surface area contributed by atoms with E-state index >= 15 is 0 Å². The van der Waals surface area contributed by atoms with Crippen LogP contribution in [0.2, 0.25) is 0 Å². The average Bonchev–Trinajstić information content (AvgIpc) is 2.44. The van der Waals surface area contributed by atoms with Crippen LogP contribution in [0.15, 0.2) is 56.9 Å². The zero-order chi connectivity index (χ0) is 15.5. The van der Waals surface area contributed by atoms with Crippen LogP contribution in [0.1, 0.15) is 16.7 Å². The van der Waals surface area contributed by atoms with Crippen LogP contribution < -0.4 is 4.83 Å². The SMILES string of the molecule is Cc1ccc(S(=O)(=O)N/N=C/c2ccc(Br)cc2)cc1C. The topological polar surface area (TPSA) is 58.5 Å². The second-order valence-corrected chi connectivity index (χ2v) is 7.23. The van der Waals surface area contributed by atoms with E-state index in [0.29, 0.717) is 0 Å². The Kier molecular flexibility index (Phi) is 4.80. The third-order valence-corrected chi connectivity index (χ3v) is 4.79. The van der Waals surface area contributed by atoms with Crippen LogP contribution >= 0.6 is 15.9 Å². The lowest BCUT2D eigenvalue weighted by Gasteiger charge is -2.06. The first-order valence-corrected chi connectivity index (χ1v) is 8.54. The van der Waals surface area contributed by atoms with E-state index in [2.05, 4.69) is 25.9 Å². The Balaban J connectivity index is 2.14. The fourth-order valence-corrected chi connectivity index (χ4v) is 2.79. The smallest absolute Gasteiger partial charge is 0.200 e. The van der Waals surface area contributed by atoms with Crippen LogP contribution in [0.5, 0.6) is 0 Å². The van der Waals surface area contributed by atoms with Gasteiger partial charge in [-0.1, -0.05) is 34.1 Å². The zero-order valence-corrected chi connectivity index (χ0v) is 14.1. The molecule has 0 atom stereocenters. The van der Waals surface area contributed by atoms with Gasteiger partial charge < -0.3 is 0 Å². The number of hydrogen-bond acceptors (Lipinski definition) is 3. The molecule has 0 aromatic heterocycles. The van der Waals surface area contributed by atoms with Crippen molar-refractivity contribution in [2.45, 2.75) is 18.7 Å². The molecule has 0 unspecified atom stereocenters. The Hall–Kier alpha value is -1.66. The molecule has 0 saturated carbocycles. The van der Waals surface area contributed by atoms with Gasteiger partial charge >= 0.3 is 0 Å². The number of sulfonamides is 1. The lowest BCUT2D eigenvalue weighted by Crippen LogP contribution is -2.18. The number of halogens is 1. The largest absolute Gasteiger partial charge is 0.276 e. The number of benzene rings is 2. The minimum atomic E-state index is -3.64. The number of aryl methyl sites for hydroxylation is 2. The molecule has 0 aliphatic rings. The standard InChI is InChI=1S/C15H15BrN2O2S/c1-11-3-8-15(9-12(11)2)21(19,20)18-17-10-13-4-6-14(16)7-5-13/h3-10,18H,1-2H3/b17-10+. The third kappa shape index (κ3) is 4.15. The Labute approximate surface area is 133 Å². The maximum atomic E-state index is 12.1. The van der Waals surface area contributed by atoms with Crippen molar-refractivity contribution in [1.29, 1.82) is 0 Å². The van der Waals surface area contributed by atoms with Crippen molar-refractivity contribution in [1.82, 2.24) is 4.83 Å². The molecule has 0 aliphatic carbocycles. The van der Waals surface area contributed by atoms with Gasteiger partial charge in [0.15, 0.2) is 0 Å². The summed E-state index contributed by atoms with van der Waals surface area (Å²) in [6.45, 7) is 3.81. The van der Waals surface area contributed by atoms with E-state index in [-0.39, 0.29) is 4.90 Å². The summed E-state index contributed by atoms with van der Waals surface area (Å²) in [7, 11) is -3.64. The van der Waals surface area contributed by atoms with E-state index in [4.69, 9.17) is 0 Å². The predicted octanol–water partition coefficient (Wildman–Crippen LogP) is 3.38. The molecule has 21 heavy (non-hydrogen) atoms. The molecule has 6 heteroatoms. The summed E-state index contributed by atoms with van der Waals surface area (Å²) in [6, 6.07) is 12.4. The van der Waals surface area contributed by atoms with Crippen LogP contribution in [-0.2, 0) is 10.0 Å². The number of rotatable bonds is 4. The van der Waals surface area contributed by atoms with Crippen molar-refractivity contribution in [3.63, 3.8) is 0 Å². The Morgan fingerprint density at radius 3 is 2.33 bits per heavy atom. The first-order valence-electron chi connectivity index (χ1n) is 6.26. The molecule has 110 valence electrons. The summed E-state index contributed by atoms with van der Waals surface area (Å²) in [5.41, 5.74) is 2.78. The molecule has 0 radical (unpaired) electrons. The number of hydrazone groups is 1. The lowest BCUT2D eigenvalue weighted by atomic mass is 10.1. The quantitative estimate of drug-likeness (QED) is 0.665. The molecule has 0 saturated heterocycles. The van der Waals surface area contributed by atoms with E-state index in [9.17, 15) is 8.42 Å². The monoisotopic (exact) mass is 366 g/mol. The van der Waals surface area contributed by atoms with Crippen molar-refractivity contribution in [2.24, 2.45) is 5.10 Å². The maximum Gasteiger partial charge on any atom is 0.276 e. The molecule has 4 nitrogen and oxygen atoms in total. The average molecular weight is 367 g/mol. The predicted molar refractivity (Wildman–Crippen MR) is 88.0 cm³/mol. The van der Waals surface area contributed by atoms with Gasteiger partial charge in [0.25, 0.3) is 10.0 Å². The molecule has 2 aromatic carbocycles. The molecular weight excluding hydrogens is 352 g/mol. The van der Waals surface area contributed by atoms with Crippen LogP contribution in [0.4, 0.5) is 0 Å². The third-order valence-electron chi connectivity index (χ3n) is 3.05. The van der Waals surface area contributed by atoms with Crippen molar-refractivity contribution in [3.05, 3.63) is 63.6 Å². The van der Waals surface area contributed by atoms with Gasteiger partial charge in [-0.3, -0.25) is 0 Å². The lowest BCUT2D eigenvalue weighted by molar-refractivity contribution is 0.584. The summed E-state index contributed by atoms with van der Waals surface area (Å²) >= 11 is 3.33. The van der Waals surface area contributed by atoms with Gasteiger partial charge in [-0.15, -0.1) is 0 Å². The van der Waals surface area contributed by atoms with Gasteiger partial charge in [0.2, 0.25) is 0 Å². The van der Waals surface area contributed by atoms with Crippen molar-refractivity contribution in [2.75, 3.05) is 0 Å². The first kappa shape index (κ1) is 15.7. The molecule has 0 aliphatic heterocycles. The minimum absolute atomic E-state index is 0.207. The summed E-state index contributed by atoms with van der Waals surface area (Å²) in [5, 5.41) is 3.79. The van der Waals surface area contributed by atoms with Gasteiger partial charge in [-0.05, 0) is 54.8 Å². The van der Waals surface area contributed by atoms with Crippen LogP contribution in [0.25, 0.3) is 0 Å². The van der Waals surface area contributed by atoms with Gasteiger partial charge in [0.05, 0.1) is 11.1 Å². The van der Waals surface area contributed by atoms with Crippen LogP contribution in [0, 0.1) is 13.8 Å². The van der Waals surface area contributed by atoms with E-state index in [0.717, 1.165) is 21.2 Å². The normalized spacial score (nSPS) is 11.8. The summed E-state index contributed by atoms with van der Waals surface area (Å²) in [4.78, 5) is 2.42. The fraction of sp³-hybridized carbons (Fsp3) is 0.133. The van der Waals surface area contributed by atoms with E-state index < -0.39 is 10.0 Å². The second kappa shape index (κ2) is 6.41. The molecule has 0 heterocycles. The summed E-state index contributed by atoms with van der Waals surface area (Å²) < 4.78 is 25.2. The highest BCUT2D eigenvalue weighted by molar-refractivity contribution is 9.10. The van der Waals surface area contributed by atoms with Gasteiger partial charge in [0, 0.05) is 4.47 Å². The number of nitrogens with one attached hydrogen (secondary N) is 1. The minimum Gasteiger partial charge on any atom is -0.200 e. The Bertz CT molecular complexity index is 769. The van der Waals surface area contributed by atoms with Gasteiger partial charge in [0.1, 0.15) is 0 Å². The van der Waals surface area contributed by atoms with E-state index in [1.165, 1.54) is 6.21 Å². The summed E-state index contributed by atoms with van der Waals surface area (Å²) in [5.74, 6) is 0. The highest BCUT2D eigenvalue weighted by Crippen LogP contribution is 2.14.